The summed E-state index contributed by atoms with van der Waals surface area (Å²) < 4.78 is 7.66. The van der Waals surface area contributed by atoms with Gasteiger partial charge in [-0.3, -0.25) is 4.79 Å². The molecule has 4 rings (SSSR count). The van der Waals surface area contributed by atoms with Crippen molar-refractivity contribution in [3.63, 3.8) is 0 Å². The molecule has 6 nitrogen and oxygen atoms in total. The molecule has 1 aliphatic heterocycles. The highest BCUT2D eigenvalue weighted by molar-refractivity contribution is 9.10. The van der Waals surface area contributed by atoms with Gasteiger partial charge in [0.1, 0.15) is 6.10 Å². The lowest BCUT2D eigenvalue weighted by molar-refractivity contribution is 0.0515. The van der Waals surface area contributed by atoms with Gasteiger partial charge < -0.3 is 9.64 Å². The van der Waals surface area contributed by atoms with Crippen LogP contribution in [-0.2, 0) is 0 Å². The Morgan fingerprint density at radius 2 is 2.08 bits per heavy atom. The van der Waals surface area contributed by atoms with Crippen molar-refractivity contribution >= 4 is 43.4 Å². The molecule has 1 aliphatic rings. The third-order valence-corrected chi connectivity index (χ3v) is 5.44. The fraction of sp³-hybridized carbons (Fsp3) is 0.294. The second-order valence-corrected chi connectivity index (χ2v) is 7.75. The Kier molecular flexibility index (Phi) is 4.63. The van der Waals surface area contributed by atoms with E-state index in [0.29, 0.717) is 17.6 Å². The second-order valence-electron chi connectivity index (χ2n) is 5.80. The summed E-state index contributed by atoms with van der Waals surface area (Å²) in [6.45, 7) is 1.24. The third-order valence-electron chi connectivity index (χ3n) is 4.01. The molecule has 1 amide bonds. The first kappa shape index (κ1) is 16.4. The highest BCUT2D eigenvalue weighted by Crippen LogP contribution is 2.24. The molecule has 1 aromatic carbocycles. The van der Waals surface area contributed by atoms with E-state index in [1.54, 1.807) is 12.4 Å². The highest BCUT2D eigenvalue weighted by atomic mass is 79.9. The summed E-state index contributed by atoms with van der Waals surface area (Å²) in [5, 5.41) is 0.529. The minimum atomic E-state index is -0.103. The number of aromatic nitrogens is 3. The Morgan fingerprint density at radius 3 is 2.88 bits per heavy atom. The number of ether oxygens (including phenoxy) is 1. The zero-order chi connectivity index (χ0) is 17.2. The van der Waals surface area contributed by atoms with Crippen molar-refractivity contribution in [2.24, 2.45) is 0 Å². The number of benzene rings is 1. The highest BCUT2D eigenvalue weighted by Gasteiger charge is 2.28. The molecule has 0 saturated carbocycles. The summed E-state index contributed by atoms with van der Waals surface area (Å²) in [6.07, 6.45) is 4.96. The minimum Gasteiger partial charge on any atom is -0.458 e. The van der Waals surface area contributed by atoms with Crippen molar-refractivity contribution < 1.29 is 9.53 Å². The van der Waals surface area contributed by atoms with Gasteiger partial charge in [0.25, 0.3) is 5.91 Å². The fourth-order valence-electron chi connectivity index (χ4n) is 2.83. The number of para-hydroxylation sites is 1. The molecular formula is C17H15BrN4O2S. The van der Waals surface area contributed by atoms with Crippen LogP contribution in [0.25, 0.3) is 10.2 Å². The Bertz CT molecular complexity index is 866. The van der Waals surface area contributed by atoms with Gasteiger partial charge in [0, 0.05) is 18.9 Å². The van der Waals surface area contributed by atoms with Gasteiger partial charge in [-0.1, -0.05) is 12.1 Å². The number of piperidine rings is 1. The van der Waals surface area contributed by atoms with Crippen molar-refractivity contribution in [3.05, 3.63) is 46.1 Å². The molecule has 3 heterocycles. The van der Waals surface area contributed by atoms with Gasteiger partial charge in [0.2, 0.25) is 0 Å². The van der Waals surface area contributed by atoms with Crippen molar-refractivity contribution in [2.75, 3.05) is 13.1 Å². The molecule has 8 heteroatoms. The van der Waals surface area contributed by atoms with E-state index in [-0.39, 0.29) is 12.0 Å². The first-order valence-corrected chi connectivity index (χ1v) is 9.59. The average molecular weight is 419 g/mol. The van der Waals surface area contributed by atoms with E-state index in [9.17, 15) is 4.79 Å². The molecule has 0 bridgehead atoms. The number of fused-ring (bicyclic) bond motifs is 1. The van der Waals surface area contributed by atoms with Crippen molar-refractivity contribution in [1.29, 1.82) is 0 Å². The van der Waals surface area contributed by atoms with Crippen LogP contribution in [0.5, 0.6) is 6.01 Å². The van der Waals surface area contributed by atoms with Gasteiger partial charge in [-0.25, -0.2) is 15.0 Å². The van der Waals surface area contributed by atoms with E-state index >= 15 is 0 Å². The number of halogens is 1. The van der Waals surface area contributed by atoms with Gasteiger partial charge in [0.15, 0.2) is 5.01 Å². The maximum absolute atomic E-state index is 12.8. The van der Waals surface area contributed by atoms with Crippen LogP contribution in [0.3, 0.4) is 0 Å². The Hall–Kier alpha value is -2.06. The molecule has 0 aliphatic carbocycles. The number of hydrogen-bond donors (Lipinski definition) is 0. The third kappa shape index (κ3) is 3.64. The average Bonchev–Trinajstić information content (AvgIpc) is 3.07. The van der Waals surface area contributed by atoms with Gasteiger partial charge in [-0.15, -0.1) is 11.3 Å². The van der Waals surface area contributed by atoms with E-state index in [2.05, 4.69) is 30.9 Å². The molecule has 1 saturated heterocycles. The Balaban J connectivity index is 1.46. The molecule has 1 atom stereocenters. The number of carbonyl (C=O) groups excluding carboxylic acids is 1. The summed E-state index contributed by atoms with van der Waals surface area (Å²) in [5.74, 6) is -0.0359. The fourth-order valence-corrected chi connectivity index (χ4v) is 3.97. The maximum atomic E-state index is 12.8. The summed E-state index contributed by atoms with van der Waals surface area (Å²) >= 11 is 4.73. The lowest BCUT2D eigenvalue weighted by atomic mass is 10.1. The van der Waals surface area contributed by atoms with E-state index in [4.69, 9.17) is 4.74 Å². The largest absolute Gasteiger partial charge is 0.458 e. The smallest absolute Gasteiger partial charge is 0.316 e. The minimum absolute atomic E-state index is 0.0359. The van der Waals surface area contributed by atoms with E-state index in [0.717, 1.165) is 34.1 Å². The van der Waals surface area contributed by atoms with E-state index in [1.807, 2.05) is 29.2 Å². The van der Waals surface area contributed by atoms with E-state index in [1.165, 1.54) is 11.3 Å². The Labute approximate surface area is 157 Å². The molecular weight excluding hydrogens is 404 g/mol. The topological polar surface area (TPSA) is 68.2 Å². The molecule has 0 N–H and O–H groups in total. The summed E-state index contributed by atoms with van der Waals surface area (Å²) in [7, 11) is 0. The zero-order valence-electron chi connectivity index (χ0n) is 13.3. The zero-order valence-corrected chi connectivity index (χ0v) is 15.7. The predicted molar refractivity (Wildman–Crippen MR) is 98.9 cm³/mol. The SMILES string of the molecule is O=C(c1nc2ccccc2s1)N1CCCC(Oc2ncc(Br)cn2)C1. The number of rotatable bonds is 3. The van der Waals surface area contributed by atoms with Crippen LogP contribution in [-0.4, -0.2) is 45.0 Å². The molecule has 1 fully saturated rings. The monoisotopic (exact) mass is 418 g/mol. The Morgan fingerprint density at radius 1 is 1.28 bits per heavy atom. The quantitative estimate of drug-likeness (QED) is 0.650. The molecule has 128 valence electrons. The van der Waals surface area contributed by atoms with Crippen LogP contribution in [0.2, 0.25) is 0 Å². The van der Waals surface area contributed by atoms with Crippen LogP contribution in [0, 0.1) is 0 Å². The first-order chi connectivity index (χ1) is 12.2. The standard InChI is InChI=1S/C17H15BrN4O2S/c18-11-8-19-17(20-9-11)24-12-4-3-7-22(10-12)16(23)15-21-13-5-1-2-6-14(13)25-15/h1-2,5-6,8-9,12H,3-4,7,10H2. The lowest BCUT2D eigenvalue weighted by Gasteiger charge is -2.31. The molecule has 0 spiro atoms. The van der Waals surface area contributed by atoms with Gasteiger partial charge in [0.05, 0.1) is 21.2 Å². The summed E-state index contributed by atoms with van der Waals surface area (Å²) in [6, 6.07) is 8.13. The molecule has 2 aromatic heterocycles. The van der Waals surface area contributed by atoms with Crippen LogP contribution >= 0.6 is 27.3 Å². The predicted octanol–water partition coefficient (Wildman–Crippen LogP) is 3.53. The first-order valence-electron chi connectivity index (χ1n) is 7.98. The normalized spacial score (nSPS) is 17.6. The number of likely N-dealkylation sites (tertiary alicyclic amines) is 1. The number of hydrogen-bond acceptors (Lipinski definition) is 6. The van der Waals surface area contributed by atoms with E-state index < -0.39 is 0 Å². The van der Waals surface area contributed by atoms with Crippen LogP contribution in [0.4, 0.5) is 0 Å². The summed E-state index contributed by atoms with van der Waals surface area (Å²) in [4.78, 5) is 27.3. The summed E-state index contributed by atoms with van der Waals surface area (Å²) in [5.41, 5.74) is 0.865. The van der Waals surface area contributed by atoms with Gasteiger partial charge >= 0.3 is 6.01 Å². The molecule has 1 unspecified atom stereocenters. The maximum Gasteiger partial charge on any atom is 0.316 e. The number of amides is 1. The van der Waals surface area contributed by atoms with Crippen LogP contribution < -0.4 is 4.74 Å². The van der Waals surface area contributed by atoms with Crippen molar-refractivity contribution in [2.45, 2.75) is 18.9 Å². The van der Waals surface area contributed by atoms with Crippen LogP contribution in [0.1, 0.15) is 22.6 Å². The van der Waals surface area contributed by atoms with Gasteiger partial charge in [-0.2, -0.15) is 0 Å². The molecule has 25 heavy (non-hydrogen) atoms. The van der Waals surface area contributed by atoms with Crippen LogP contribution in [0.15, 0.2) is 41.1 Å². The van der Waals surface area contributed by atoms with Crippen molar-refractivity contribution in [3.8, 4) is 6.01 Å². The number of nitrogens with zero attached hydrogens (tertiary/aromatic N) is 4. The molecule has 0 radical (unpaired) electrons. The number of carbonyl (C=O) groups is 1. The second kappa shape index (κ2) is 7.05. The lowest BCUT2D eigenvalue weighted by Crippen LogP contribution is -2.44. The number of thiazole rings is 1. The van der Waals surface area contributed by atoms with Gasteiger partial charge in [-0.05, 0) is 40.9 Å². The molecule has 3 aromatic rings. The van der Waals surface area contributed by atoms with Crippen molar-refractivity contribution in [1.82, 2.24) is 19.9 Å².